The van der Waals surface area contributed by atoms with Crippen LogP contribution in [-0.4, -0.2) is 35.0 Å². The summed E-state index contributed by atoms with van der Waals surface area (Å²) in [4.78, 5) is 0. The van der Waals surface area contributed by atoms with Gasteiger partial charge in [-0.15, -0.1) is 0 Å². The summed E-state index contributed by atoms with van der Waals surface area (Å²) in [5.74, 6) is 0.415. The molecule has 3 N–H and O–H groups in total. The molecule has 0 radical (unpaired) electrons. The predicted octanol–water partition coefficient (Wildman–Crippen LogP) is 0.506. The van der Waals surface area contributed by atoms with Gasteiger partial charge in [-0.3, -0.25) is 0 Å². The lowest BCUT2D eigenvalue weighted by Crippen LogP contribution is -2.46. The van der Waals surface area contributed by atoms with Crippen LogP contribution in [0.25, 0.3) is 0 Å². The van der Waals surface area contributed by atoms with Crippen molar-refractivity contribution in [2.75, 3.05) is 6.61 Å². The molecule has 1 unspecified atom stereocenters. The Hall–Kier alpha value is -0.120. The van der Waals surface area contributed by atoms with Gasteiger partial charge in [-0.2, -0.15) is 0 Å². The zero-order valence-electron chi connectivity index (χ0n) is 8.53. The maximum absolute atomic E-state index is 9.57. The molecule has 1 aliphatic rings. The molecule has 0 amide bonds. The van der Waals surface area contributed by atoms with Gasteiger partial charge >= 0.3 is 0 Å². The molecule has 0 spiro atoms. The first-order valence-electron chi connectivity index (χ1n) is 5.20. The number of hydrogen-bond acceptors (Lipinski definition) is 3. The highest BCUT2D eigenvalue weighted by Crippen LogP contribution is 2.20. The fourth-order valence-corrected chi connectivity index (χ4v) is 1.87. The highest BCUT2D eigenvalue weighted by Gasteiger charge is 2.27. The zero-order valence-corrected chi connectivity index (χ0v) is 8.53. The first-order chi connectivity index (χ1) is 6.15. The summed E-state index contributed by atoms with van der Waals surface area (Å²) >= 11 is 0. The van der Waals surface area contributed by atoms with Gasteiger partial charge in [0.25, 0.3) is 0 Å². The molecular formula is C10H21NO2. The summed E-state index contributed by atoms with van der Waals surface area (Å²) in [5, 5.41) is 22.0. The van der Waals surface area contributed by atoms with E-state index >= 15 is 0 Å². The summed E-state index contributed by atoms with van der Waals surface area (Å²) in [7, 11) is 0. The van der Waals surface area contributed by atoms with Crippen LogP contribution in [0.15, 0.2) is 0 Å². The van der Waals surface area contributed by atoms with E-state index in [9.17, 15) is 5.11 Å². The second-order valence-corrected chi connectivity index (χ2v) is 4.30. The van der Waals surface area contributed by atoms with E-state index in [0.717, 1.165) is 19.3 Å². The van der Waals surface area contributed by atoms with Crippen LogP contribution in [-0.2, 0) is 0 Å². The third kappa shape index (κ3) is 2.93. The number of rotatable bonds is 4. The van der Waals surface area contributed by atoms with Crippen molar-refractivity contribution in [3.8, 4) is 0 Å². The quantitative estimate of drug-likeness (QED) is 0.601. The maximum Gasteiger partial charge on any atom is 0.0693 e. The van der Waals surface area contributed by atoms with E-state index in [4.69, 9.17) is 5.11 Å². The van der Waals surface area contributed by atoms with E-state index in [1.807, 2.05) is 0 Å². The van der Waals surface area contributed by atoms with Crippen molar-refractivity contribution in [1.29, 1.82) is 0 Å². The summed E-state index contributed by atoms with van der Waals surface area (Å²) in [6.45, 7) is 4.31. The van der Waals surface area contributed by atoms with Crippen molar-refractivity contribution in [3.05, 3.63) is 0 Å². The van der Waals surface area contributed by atoms with E-state index in [-0.39, 0.29) is 24.8 Å². The van der Waals surface area contributed by atoms with Crippen LogP contribution in [0.4, 0.5) is 0 Å². The monoisotopic (exact) mass is 187 g/mol. The van der Waals surface area contributed by atoms with Gasteiger partial charge in [0.15, 0.2) is 0 Å². The Kier molecular flexibility index (Phi) is 4.16. The number of aliphatic hydroxyl groups is 2. The lowest BCUT2D eigenvalue weighted by molar-refractivity contribution is 0.122. The van der Waals surface area contributed by atoms with Crippen LogP contribution in [0.2, 0.25) is 0 Å². The van der Waals surface area contributed by atoms with Gasteiger partial charge < -0.3 is 15.5 Å². The first kappa shape index (κ1) is 11.0. The molecule has 0 aromatic heterocycles. The van der Waals surface area contributed by atoms with Crippen LogP contribution in [0, 0.1) is 5.92 Å². The molecule has 3 nitrogen and oxygen atoms in total. The largest absolute Gasteiger partial charge is 0.395 e. The van der Waals surface area contributed by atoms with Gasteiger partial charge in [-0.05, 0) is 25.2 Å². The molecule has 3 atom stereocenters. The van der Waals surface area contributed by atoms with Gasteiger partial charge in [0.2, 0.25) is 0 Å². The molecule has 0 aromatic carbocycles. The number of aliphatic hydroxyl groups excluding tert-OH is 2. The first-order valence-corrected chi connectivity index (χ1v) is 5.20. The van der Waals surface area contributed by atoms with E-state index in [1.54, 1.807) is 0 Å². The Balaban J connectivity index is 2.36. The molecule has 78 valence electrons. The van der Waals surface area contributed by atoms with E-state index in [1.165, 1.54) is 0 Å². The minimum atomic E-state index is -0.215. The molecule has 1 aliphatic carbocycles. The molecular weight excluding hydrogens is 166 g/mol. The lowest BCUT2D eigenvalue weighted by Gasteiger charge is -2.26. The summed E-state index contributed by atoms with van der Waals surface area (Å²) in [5.41, 5.74) is 0. The molecule has 0 heterocycles. The smallest absolute Gasteiger partial charge is 0.0693 e. The van der Waals surface area contributed by atoms with Crippen LogP contribution < -0.4 is 5.32 Å². The van der Waals surface area contributed by atoms with Crippen molar-refractivity contribution < 1.29 is 10.2 Å². The standard InChI is InChI=1S/C10H21NO2/c1-7(2)9(6-12)11-8-4-3-5-10(8)13/h7-13H,3-6H2,1-2H3/t8-,9?,10-/m1/s1. The number of nitrogens with one attached hydrogen (secondary N) is 1. The molecule has 1 rings (SSSR count). The summed E-state index contributed by atoms with van der Waals surface area (Å²) in [6.07, 6.45) is 2.81. The Morgan fingerprint density at radius 3 is 2.46 bits per heavy atom. The second-order valence-electron chi connectivity index (χ2n) is 4.30. The minimum Gasteiger partial charge on any atom is -0.395 e. The maximum atomic E-state index is 9.57. The average Bonchev–Trinajstić information content (AvgIpc) is 2.46. The molecule has 0 aromatic rings. The SMILES string of the molecule is CC(C)C(CO)N[C@@H]1CCC[C@H]1O. The van der Waals surface area contributed by atoms with Gasteiger partial charge in [-0.25, -0.2) is 0 Å². The van der Waals surface area contributed by atoms with Crippen molar-refractivity contribution in [2.45, 2.75) is 51.3 Å². The molecule has 1 fully saturated rings. The molecule has 1 saturated carbocycles. The Bertz CT molecular complexity index is 150. The molecule has 3 heteroatoms. The highest BCUT2D eigenvalue weighted by molar-refractivity contribution is 4.86. The summed E-state index contributed by atoms with van der Waals surface area (Å²) in [6, 6.07) is 0.317. The fraction of sp³-hybridized carbons (Fsp3) is 1.00. The molecule has 0 aliphatic heterocycles. The second kappa shape index (κ2) is 4.94. The minimum absolute atomic E-state index is 0.123. The Morgan fingerprint density at radius 1 is 1.38 bits per heavy atom. The van der Waals surface area contributed by atoms with Crippen molar-refractivity contribution in [1.82, 2.24) is 5.32 Å². The highest BCUT2D eigenvalue weighted by atomic mass is 16.3. The predicted molar refractivity (Wildman–Crippen MR) is 52.5 cm³/mol. The number of hydrogen-bond donors (Lipinski definition) is 3. The van der Waals surface area contributed by atoms with Crippen LogP contribution in [0.5, 0.6) is 0 Å². The normalized spacial score (nSPS) is 31.2. The van der Waals surface area contributed by atoms with Crippen molar-refractivity contribution in [2.24, 2.45) is 5.92 Å². The van der Waals surface area contributed by atoms with E-state index in [2.05, 4.69) is 19.2 Å². The van der Waals surface area contributed by atoms with Gasteiger partial charge in [0.1, 0.15) is 0 Å². The lowest BCUT2D eigenvalue weighted by atomic mass is 10.0. The van der Waals surface area contributed by atoms with E-state index < -0.39 is 0 Å². The van der Waals surface area contributed by atoms with Crippen LogP contribution in [0.1, 0.15) is 33.1 Å². The average molecular weight is 187 g/mol. The van der Waals surface area contributed by atoms with Crippen molar-refractivity contribution in [3.63, 3.8) is 0 Å². The molecule has 0 bridgehead atoms. The van der Waals surface area contributed by atoms with Crippen LogP contribution >= 0.6 is 0 Å². The topological polar surface area (TPSA) is 52.5 Å². The van der Waals surface area contributed by atoms with Gasteiger partial charge in [0.05, 0.1) is 12.7 Å². The summed E-state index contributed by atoms with van der Waals surface area (Å²) < 4.78 is 0. The van der Waals surface area contributed by atoms with Crippen molar-refractivity contribution >= 4 is 0 Å². The van der Waals surface area contributed by atoms with E-state index in [0.29, 0.717) is 5.92 Å². The third-order valence-electron chi connectivity index (χ3n) is 2.91. The Morgan fingerprint density at radius 2 is 2.08 bits per heavy atom. The van der Waals surface area contributed by atoms with Gasteiger partial charge in [-0.1, -0.05) is 13.8 Å². The molecule has 13 heavy (non-hydrogen) atoms. The van der Waals surface area contributed by atoms with Gasteiger partial charge in [0, 0.05) is 12.1 Å². The Labute approximate surface area is 80.2 Å². The third-order valence-corrected chi connectivity index (χ3v) is 2.91. The van der Waals surface area contributed by atoms with Crippen LogP contribution in [0.3, 0.4) is 0 Å². The fourth-order valence-electron chi connectivity index (χ4n) is 1.87. The zero-order chi connectivity index (χ0) is 9.84. The molecule has 0 saturated heterocycles.